The number of ether oxygens (including phenoxy) is 1. The van der Waals surface area contributed by atoms with Gasteiger partial charge in [-0.05, 0) is 23.9 Å². The third kappa shape index (κ3) is 2.69. The van der Waals surface area contributed by atoms with E-state index in [0.717, 1.165) is 17.3 Å². The second kappa shape index (κ2) is 5.69. The molecule has 1 saturated heterocycles. The molecular weight excluding hydrogens is 268 g/mol. The second-order valence-corrected chi connectivity index (χ2v) is 5.30. The standard InChI is InChI=1S/C16H18N2O3/c1-21-13-8-9-17(10-13)16(20)11-18-14-5-3-2-4-12(14)6-7-15(18)19/h2-7,13H,8-11H2,1H3. The molecule has 110 valence electrons. The number of hydrogen-bond donors (Lipinski definition) is 0. The maximum Gasteiger partial charge on any atom is 0.251 e. The van der Waals surface area contributed by atoms with E-state index < -0.39 is 0 Å². The largest absolute Gasteiger partial charge is 0.380 e. The number of carbonyl (C=O) groups excluding carboxylic acids is 1. The maximum atomic E-state index is 12.4. The van der Waals surface area contributed by atoms with Crippen molar-refractivity contribution < 1.29 is 9.53 Å². The summed E-state index contributed by atoms with van der Waals surface area (Å²) in [6, 6.07) is 10.9. The SMILES string of the molecule is COC1CCN(C(=O)Cn2c(=O)ccc3ccccc32)C1. The highest BCUT2D eigenvalue weighted by atomic mass is 16.5. The normalized spacial score (nSPS) is 18.3. The molecule has 0 saturated carbocycles. The smallest absolute Gasteiger partial charge is 0.251 e. The molecule has 3 rings (SSSR count). The molecular formula is C16H18N2O3. The van der Waals surface area contributed by atoms with Crippen LogP contribution in [0.15, 0.2) is 41.2 Å². The molecule has 5 nitrogen and oxygen atoms in total. The van der Waals surface area contributed by atoms with Gasteiger partial charge in [0.25, 0.3) is 5.56 Å². The third-order valence-electron chi connectivity index (χ3n) is 4.02. The molecule has 0 N–H and O–H groups in total. The zero-order valence-corrected chi connectivity index (χ0v) is 12.0. The van der Waals surface area contributed by atoms with Crippen molar-refractivity contribution in [3.8, 4) is 0 Å². The van der Waals surface area contributed by atoms with Gasteiger partial charge in [0.1, 0.15) is 6.54 Å². The minimum Gasteiger partial charge on any atom is -0.380 e. The summed E-state index contributed by atoms with van der Waals surface area (Å²) in [5.74, 6) is -0.0343. The van der Waals surface area contributed by atoms with Gasteiger partial charge in [-0.3, -0.25) is 14.2 Å². The fourth-order valence-corrected chi connectivity index (χ4v) is 2.79. The van der Waals surface area contributed by atoms with Gasteiger partial charge >= 0.3 is 0 Å². The third-order valence-corrected chi connectivity index (χ3v) is 4.02. The predicted molar refractivity (Wildman–Crippen MR) is 80.2 cm³/mol. The van der Waals surface area contributed by atoms with E-state index in [-0.39, 0.29) is 24.1 Å². The molecule has 21 heavy (non-hydrogen) atoms. The molecule has 1 aromatic heterocycles. The molecule has 1 aliphatic heterocycles. The van der Waals surface area contributed by atoms with Gasteiger partial charge < -0.3 is 9.64 Å². The number of methoxy groups -OCH3 is 1. The molecule has 1 fully saturated rings. The molecule has 2 aromatic rings. The summed E-state index contributed by atoms with van der Waals surface area (Å²) in [5.41, 5.74) is 0.644. The van der Waals surface area contributed by atoms with Crippen LogP contribution in [-0.2, 0) is 16.1 Å². The van der Waals surface area contributed by atoms with E-state index in [1.165, 1.54) is 10.6 Å². The number of hydrogen-bond acceptors (Lipinski definition) is 3. The summed E-state index contributed by atoms with van der Waals surface area (Å²) in [4.78, 5) is 26.2. The molecule has 2 heterocycles. The highest BCUT2D eigenvalue weighted by Gasteiger charge is 2.26. The number of aromatic nitrogens is 1. The van der Waals surface area contributed by atoms with Crippen LogP contribution in [0.3, 0.4) is 0 Å². The zero-order valence-electron chi connectivity index (χ0n) is 12.0. The minimum absolute atomic E-state index is 0.0343. The number of amides is 1. The molecule has 0 radical (unpaired) electrons. The van der Waals surface area contributed by atoms with Gasteiger partial charge in [-0.15, -0.1) is 0 Å². The minimum atomic E-state index is -0.149. The van der Waals surface area contributed by atoms with E-state index in [9.17, 15) is 9.59 Å². The van der Waals surface area contributed by atoms with Gasteiger partial charge in [0.2, 0.25) is 5.91 Å². The van der Waals surface area contributed by atoms with Gasteiger partial charge in [0.05, 0.1) is 11.6 Å². The lowest BCUT2D eigenvalue weighted by Crippen LogP contribution is -2.35. The van der Waals surface area contributed by atoms with Crippen LogP contribution in [-0.4, -0.2) is 41.7 Å². The Balaban J connectivity index is 1.86. The quantitative estimate of drug-likeness (QED) is 0.853. The summed E-state index contributed by atoms with van der Waals surface area (Å²) in [5, 5.41) is 0.959. The first-order chi connectivity index (χ1) is 10.2. The first-order valence-corrected chi connectivity index (χ1v) is 7.08. The number of likely N-dealkylation sites (tertiary alicyclic amines) is 1. The predicted octanol–water partition coefficient (Wildman–Crippen LogP) is 1.25. The van der Waals surface area contributed by atoms with Crippen LogP contribution in [0.1, 0.15) is 6.42 Å². The van der Waals surface area contributed by atoms with Crippen molar-refractivity contribution in [2.45, 2.75) is 19.1 Å². The van der Waals surface area contributed by atoms with E-state index in [0.29, 0.717) is 13.1 Å². The van der Waals surface area contributed by atoms with Gasteiger partial charge in [-0.25, -0.2) is 0 Å². The zero-order chi connectivity index (χ0) is 14.8. The second-order valence-electron chi connectivity index (χ2n) is 5.30. The van der Waals surface area contributed by atoms with Crippen LogP contribution in [0.25, 0.3) is 10.9 Å². The molecule has 1 aromatic carbocycles. The fraction of sp³-hybridized carbons (Fsp3) is 0.375. The average Bonchev–Trinajstić information content (AvgIpc) is 2.99. The Morgan fingerprint density at radius 1 is 1.29 bits per heavy atom. The monoisotopic (exact) mass is 286 g/mol. The first-order valence-electron chi connectivity index (χ1n) is 7.08. The van der Waals surface area contributed by atoms with E-state index in [4.69, 9.17) is 4.74 Å². The highest BCUT2D eigenvalue weighted by Crippen LogP contribution is 2.14. The van der Waals surface area contributed by atoms with Gasteiger partial charge in [-0.1, -0.05) is 18.2 Å². The van der Waals surface area contributed by atoms with Crippen molar-refractivity contribution in [2.75, 3.05) is 20.2 Å². The number of nitrogens with zero attached hydrogens (tertiary/aromatic N) is 2. The Kier molecular flexibility index (Phi) is 3.75. The van der Waals surface area contributed by atoms with Gasteiger partial charge in [0.15, 0.2) is 0 Å². The van der Waals surface area contributed by atoms with Crippen molar-refractivity contribution in [2.24, 2.45) is 0 Å². The lowest BCUT2D eigenvalue weighted by Gasteiger charge is -2.17. The van der Waals surface area contributed by atoms with Crippen molar-refractivity contribution in [1.29, 1.82) is 0 Å². The van der Waals surface area contributed by atoms with Crippen LogP contribution < -0.4 is 5.56 Å². The molecule has 5 heteroatoms. The Hall–Kier alpha value is -2.14. The topological polar surface area (TPSA) is 51.5 Å². The Labute approximate surface area is 122 Å². The molecule has 1 aliphatic rings. The number of rotatable bonds is 3. The molecule has 1 amide bonds. The number of para-hydroxylation sites is 1. The summed E-state index contributed by atoms with van der Waals surface area (Å²) >= 11 is 0. The number of pyridine rings is 1. The van der Waals surface area contributed by atoms with E-state index in [2.05, 4.69) is 0 Å². The summed E-state index contributed by atoms with van der Waals surface area (Å²) < 4.78 is 6.81. The number of fused-ring (bicyclic) bond motifs is 1. The lowest BCUT2D eigenvalue weighted by molar-refractivity contribution is -0.131. The number of benzene rings is 1. The average molecular weight is 286 g/mol. The molecule has 1 unspecified atom stereocenters. The Morgan fingerprint density at radius 3 is 2.86 bits per heavy atom. The lowest BCUT2D eigenvalue weighted by atomic mass is 10.2. The van der Waals surface area contributed by atoms with Crippen LogP contribution in [0.5, 0.6) is 0 Å². The Bertz CT molecular complexity index is 723. The van der Waals surface area contributed by atoms with Crippen molar-refractivity contribution >= 4 is 16.8 Å². The first kappa shape index (κ1) is 13.8. The summed E-state index contributed by atoms with van der Waals surface area (Å²) in [6.45, 7) is 1.38. The summed E-state index contributed by atoms with van der Waals surface area (Å²) in [7, 11) is 1.66. The number of carbonyl (C=O) groups is 1. The van der Waals surface area contributed by atoms with E-state index in [1.807, 2.05) is 24.3 Å². The fourth-order valence-electron chi connectivity index (χ4n) is 2.79. The van der Waals surface area contributed by atoms with Crippen molar-refractivity contribution in [3.05, 3.63) is 46.8 Å². The molecule has 0 aliphatic carbocycles. The molecule has 0 spiro atoms. The van der Waals surface area contributed by atoms with Crippen LogP contribution in [0.4, 0.5) is 0 Å². The molecule has 1 atom stereocenters. The molecule has 0 bridgehead atoms. The maximum absolute atomic E-state index is 12.4. The van der Waals surface area contributed by atoms with Crippen LogP contribution in [0.2, 0.25) is 0 Å². The van der Waals surface area contributed by atoms with E-state index >= 15 is 0 Å². The van der Waals surface area contributed by atoms with Gasteiger partial charge in [0, 0.05) is 26.3 Å². The van der Waals surface area contributed by atoms with Crippen molar-refractivity contribution in [1.82, 2.24) is 9.47 Å². The summed E-state index contributed by atoms with van der Waals surface area (Å²) in [6.07, 6.45) is 0.963. The van der Waals surface area contributed by atoms with Crippen LogP contribution >= 0.6 is 0 Å². The van der Waals surface area contributed by atoms with Crippen LogP contribution in [0, 0.1) is 0 Å². The van der Waals surface area contributed by atoms with E-state index in [1.54, 1.807) is 18.1 Å². The van der Waals surface area contributed by atoms with Gasteiger partial charge in [-0.2, -0.15) is 0 Å². The van der Waals surface area contributed by atoms with Crippen molar-refractivity contribution in [3.63, 3.8) is 0 Å². The Morgan fingerprint density at radius 2 is 2.10 bits per heavy atom. The highest BCUT2D eigenvalue weighted by molar-refractivity contribution is 5.82.